The Labute approximate surface area is 207 Å². The van der Waals surface area contributed by atoms with E-state index in [1.54, 1.807) is 29.2 Å². The van der Waals surface area contributed by atoms with E-state index < -0.39 is 24.4 Å². The molecule has 0 bridgehead atoms. The van der Waals surface area contributed by atoms with E-state index in [-0.39, 0.29) is 12.5 Å². The molecule has 2 aromatic carbocycles. The van der Waals surface area contributed by atoms with Crippen molar-refractivity contribution < 1.29 is 28.3 Å². The quantitative estimate of drug-likeness (QED) is 0.459. The maximum Gasteiger partial charge on any atom is 0.311 e. The van der Waals surface area contributed by atoms with Gasteiger partial charge in [-0.2, -0.15) is 0 Å². The van der Waals surface area contributed by atoms with E-state index in [9.17, 15) is 14.4 Å². The number of likely N-dealkylation sites (tertiary alicyclic amines) is 1. The van der Waals surface area contributed by atoms with E-state index >= 15 is 0 Å². The molecule has 1 N–H and O–H groups in total. The van der Waals surface area contributed by atoms with Gasteiger partial charge in [-0.25, -0.2) is 0 Å². The topological polar surface area (TPSA) is 98.1 Å². The van der Waals surface area contributed by atoms with Crippen LogP contribution in [0.4, 0.5) is 5.69 Å². The molecule has 9 heteroatoms. The summed E-state index contributed by atoms with van der Waals surface area (Å²) in [5, 5.41) is 3.10. The molecule has 0 unspecified atom stereocenters. The Hall–Kier alpha value is -3.78. The molecule has 8 nitrogen and oxygen atoms in total. The van der Waals surface area contributed by atoms with Gasteiger partial charge in [-0.1, -0.05) is 29.3 Å². The zero-order valence-electron chi connectivity index (χ0n) is 19.2. The number of carbonyl (C=O) groups excluding carboxylic acids is 3. The number of ether oxygens (including phenoxy) is 2. The number of nitrogens with one attached hydrogen (secondary N) is 1. The molecule has 1 fully saturated rings. The number of halogens is 1. The van der Waals surface area contributed by atoms with Gasteiger partial charge in [0.15, 0.2) is 12.4 Å². The summed E-state index contributed by atoms with van der Waals surface area (Å²) in [5.41, 5.74) is 1.88. The van der Waals surface area contributed by atoms with Crippen LogP contribution in [0.5, 0.6) is 11.5 Å². The fraction of sp³-hybridized carbons (Fsp3) is 0.269. The van der Waals surface area contributed by atoms with Gasteiger partial charge in [-0.05, 0) is 56.2 Å². The Morgan fingerprint density at radius 1 is 1.14 bits per heavy atom. The molecule has 182 valence electrons. The third-order valence-electron chi connectivity index (χ3n) is 5.62. The predicted octanol–water partition coefficient (Wildman–Crippen LogP) is 5.07. The molecule has 2 amide bonds. The number of hydrogen-bond acceptors (Lipinski definition) is 6. The number of benzene rings is 2. The number of anilines is 1. The van der Waals surface area contributed by atoms with Gasteiger partial charge in [0.05, 0.1) is 23.4 Å². The van der Waals surface area contributed by atoms with E-state index in [1.165, 1.54) is 12.5 Å². The SMILES string of the molecule is Cc1ccc(Oc2ccc(Cl)cc2NC(=O)COC(=O)[C@@H]2CCCN(C(=O)c3ccoc3)C2)cc1. The molecule has 1 atom stereocenters. The summed E-state index contributed by atoms with van der Waals surface area (Å²) in [6, 6.07) is 13.9. The number of nitrogens with zero attached hydrogens (tertiary/aromatic N) is 1. The number of piperidine rings is 1. The molecule has 1 saturated heterocycles. The van der Waals surface area contributed by atoms with Crippen LogP contribution in [0.25, 0.3) is 0 Å². The fourth-order valence-electron chi connectivity index (χ4n) is 3.79. The van der Waals surface area contributed by atoms with E-state index in [2.05, 4.69) is 5.32 Å². The highest BCUT2D eigenvalue weighted by atomic mass is 35.5. The van der Waals surface area contributed by atoms with Crippen LogP contribution in [0.3, 0.4) is 0 Å². The third kappa shape index (κ3) is 6.42. The van der Waals surface area contributed by atoms with Crippen LogP contribution in [-0.4, -0.2) is 42.4 Å². The number of rotatable bonds is 7. The predicted molar refractivity (Wildman–Crippen MR) is 130 cm³/mol. The van der Waals surface area contributed by atoms with Crippen LogP contribution in [0.15, 0.2) is 65.5 Å². The van der Waals surface area contributed by atoms with Crippen molar-refractivity contribution in [3.05, 3.63) is 77.2 Å². The maximum absolute atomic E-state index is 12.6. The molecule has 4 rings (SSSR count). The van der Waals surface area contributed by atoms with E-state index in [0.717, 1.165) is 5.56 Å². The first-order valence-corrected chi connectivity index (χ1v) is 11.6. The lowest BCUT2D eigenvalue weighted by atomic mass is 9.98. The van der Waals surface area contributed by atoms with Crippen molar-refractivity contribution in [3.8, 4) is 11.5 Å². The first-order valence-electron chi connectivity index (χ1n) is 11.2. The third-order valence-corrected chi connectivity index (χ3v) is 5.86. The lowest BCUT2D eigenvalue weighted by Gasteiger charge is -2.31. The zero-order chi connectivity index (χ0) is 24.8. The normalized spacial score (nSPS) is 15.4. The molecular formula is C26H25ClN2O6. The van der Waals surface area contributed by atoms with E-state index in [0.29, 0.717) is 47.2 Å². The molecule has 1 aromatic heterocycles. The second-order valence-corrected chi connectivity index (χ2v) is 8.75. The minimum atomic E-state index is -0.531. The first-order chi connectivity index (χ1) is 16.9. The van der Waals surface area contributed by atoms with Crippen molar-refractivity contribution >= 4 is 35.1 Å². The summed E-state index contributed by atoms with van der Waals surface area (Å²) in [6.07, 6.45) is 4.05. The largest absolute Gasteiger partial charge is 0.472 e. The number of aryl methyl sites for hydroxylation is 1. The second kappa shape index (κ2) is 11.1. The number of hydrogen-bond donors (Lipinski definition) is 1. The van der Waals surface area contributed by atoms with Crippen molar-refractivity contribution in [1.29, 1.82) is 0 Å². The Balaban J connectivity index is 1.32. The summed E-state index contributed by atoms with van der Waals surface area (Å²) in [7, 11) is 0. The average Bonchev–Trinajstić information content (AvgIpc) is 3.40. The molecule has 0 saturated carbocycles. The molecule has 1 aliphatic rings. The van der Waals surface area contributed by atoms with Crippen molar-refractivity contribution in [2.45, 2.75) is 19.8 Å². The Morgan fingerprint density at radius 3 is 2.69 bits per heavy atom. The Kier molecular flexibility index (Phi) is 7.72. The van der Waals surface area contributed by atoms with Crippen LogP contribution in [0.1, 0.15) is 28.8 Å². The van der Waals surface area contributed by atoms with E-state index in [4.69, 9.17) is 25.5 Å². The van der Waals surface area contributed by atoms with Crippen molar-refractivity contribution in [2.24, 2.45) is 5.92 Å². The van der Waals surface area contributed by atoms with Gasteiger partial charge >= 0.3 is 5.97 Å². The van der Waals surface area contributed by atoms with Gasteiger partial charge in [0.1, 0.15) is 12.0 Å². The molecular weight excluding hydrogens is 472 g/mol. The Morgan fingerprint density at radius 2 is 1.94 bits per heavy atom. The molecule has 3 aromatic rings. The lowest BCUT2D eigenvalue weighted by Crippen LogP contribution is -2.43. The zero-order valence-corrected chi connectivity index (χ0v) is 19.9. The summed E-state index contributed by atoms with van der Waals surface area (Å²) >= 11 is 6.10. The van der Waals surface area contributed by atoms with E-state index in [1.807, 2.05) is 31.2 Å². The second-order valence-electron chi connectivity index (χ2n) is 8.31. The number of carbonyl (C=O) groups is 3. The molecule has 0 aliphatic carbocycles. The van der Waals surface area contributed by atoms with Gasteiger partial charge in [0.25, 0.3) is 11.8 Å². The smallest absolute Gasteiger partial charge is 0.311 e. The van der Waals surface area contributed by atoms with Gasteiger partial charge in [0.2, 0.25) is 0 Å². The summed E-state index contributed by atoms with van der Waals surface area (Å²) in [4.78, 5) is 39.3. The minimum absolute atomic E-state index is 0.198. The minimum Gasteiger partial charge on any atom is -0.472 e. The standard InChI is InChI=1S/C26H25ClN2O6/c1-17-4-7-21(8-5-17)35-23-9-6-20(27)13-22(23)28-24(30)16-34-26(32)18-3-2-11-29(14-18)25(31)19-10-12-33-15-19/h4-10,12-13,15,18H,2-3,11,14,16H2,1H3,(H,28,30)/t18-/m1/s1. The van der Waals surface area contributed by atoms with Gasteiger partial charge in [-0.3, -0.25) is 14.4 Å². The van der Waals surface area contributed by atoms with Crippen LogP contribution in [0.2, 0.25) is 5.02 Å². The van der Waals surface area contributed by atoms with Crippen LogP contribution < -0.4 is 10.1 Å². The number of esters is 1. The van der Waals surface area contributed by atoms with Crippen LogP contribution in [0, 0.1) is 12.8 Å². The highest BCUT2D eigenvalue weighted by molar-refractivity contribution is 6.31. The average molecular weight is 497 g/mol. The molecule has 1 aliphatic heterocycles. The first kappa shape index (κ1) is 24.3. The van der Waals surface area contributed by atoms with Gasteiger partial charge in [-0.15, -0.1) is 0 Å². The fourth-order valence-corrected chi connectivity index (χ4v) is 3.96. The molecule has 2 heterocycles. The monoisotopic (exact) mass is 496 g/mol. The van der Waals surface area contributed by atoms with Crippen molar-refractivity contribution in [2.75, 3.05) is 25.0 Å². The Bertz CT molecular complexity index is 1190. The molecule has 0 radical (unpaired) electrons. The van der Waals surface area contributed by atoms with Crippen molar-refractivity contribution in [1.82, 2.24) is 4.90 Å². The maximum atomic E-state index is 12.6. The van der Waals surface area contributed by atoms with Gasteiger partial charge in [0, 0.05) is 18.1 Å². The van der Waals surface area contributed by atoms with Gasteiger partial charge < -0.3 is 24.1 Å². The summed E-state index contributed by atoms with van der Waals surface area (Å²) in [6.45, 7) is 2.28. The highest BCUT2D eigenvalue weighted by Gasteiger charge is 2.30. The number of amides is 2. The number of furan rings is 1. The summed E-state index contributed by atoms with van der Waals surface area (Å²) < 4.78 is 16.1. The lowest BCUT2D eigenvalue weighted by molar-refractivity contribution is -0.152. The van der Waals surface area contributed by atoms with Crippen LogP contribution in [-0.2, 0) is 14.3 Å². The summed E-state index contributed by atoms with van der Waals surface area (Å²) in [5.74, 6) is -0.746. The van der Waals surface area contributed by atoms with Crippen molar-refractivity contribution in [3.63, 3.8) is 0 Å². The highest BCUT2D eigenvalue weighted by Crippen LogP contribution is 2.32. The molecule has 0 spiro atoms. The van der Waals surface area contributed by atoms with Crippen LogP contribution >= 0.6 is 11.6 Å². The molecule has 35 heavy (non-hydrogen) atoms.